The highest BCUT2D eigenvalue weighted by molar-refractivity contribution is 5.94. The van der Waals surface area contributed by atoms with Gasteiger partial charge in [0.05, 0.1) is 0 Å². The molecule has 0 aliphatic heterocycles. The quantitative estimate of drug-likeness (QED) is 0.722. The van der Waals surface area contributed by atoms with Crippen LogP contribution in [0.4, 0.5) is 8.78 Å². The summed E-state index contributed by atoms with van der Waals surface area (Å²) in [5, 5.41) is 0. The van der Waals surface area contributed by atoms with Gasteiger partial charge in [0.25, 0.3) is 0 Å². The second-order valence-electron chi connectivity index (χ2n) is 3.37. The van der Waals surface area contributed by atoms with Gasteiger partial charge in [-0.25, -0.2) is 0 Å². The Hall–Kier alpha value is -1.45. The molecular weight excluding hydrogens is 202 g/mol. The molecule has 0 aliphatic carbocycles. The third-order valence-electron chi connectivity index (χ3n) is 2.07. The van der Waals surface area contributed by atoms with Crippen molar-refractivity contribution in [1.82, 2.24) is 0 Å². The van der Waals surface area contributed by atoms with E-state index in [0.29, 0.717) is 16.7 Å². The smallest absolute Gasteiger partial charge is 0.387 e. The number of hydrogen-bond acceptors (Lipinski definition) is 2. The first-order chi connectivity index (χ1) is 6.91. The van der Waals surface area contributed by atoms with Crippen molar-refractivity contribution in [1.29, 1.82) is 0 Å². The molecule has 0 amide bonds. The van der Waals surface area contributed by atoms with Gasteiger partial charge in [-0.15, -0.1) is 0 Å². The molecule has 0 heterocycles. The van der Waals surface area contributed by atoms with Crippen molar-refractivity contribution < 1.29 is 18.3 Å². The lowest BCUT2D eigenvalue weighted by molar-refractivity contribution is -0.0507. The molecule has 1 rings (SSSR count). The maximum Gasteiger partial charge on any atom is 0.387 e. The highest BCUT2D eigenvalue weighted by Gasteiger charge is 2.12. The van der Waals surface area contributed by atoms with Gasteiger partial charge in [0.15, 0.2) is 5.78 Å². The van der Waals surface area contributed by atoms with Gasteiger partial charge in [-0.3, -0.25) is 4.79 Å². The van der Waals surface area contributed by atoms with E-state index in [9.17, 15) is 13.6 Å². The first kappa shape index (κ1) is 11.6. The Bertz CT molecular complexity index is 363. The number of aryl methyl sites for hydroxylation is 2. The maximum atomic E-state index is 12.1. The van der Waals surface area contributed by atoms with E-state index in [1.54, 1.807) is 26.0 Å². The molecule has 4 heteroatoms. The molecule has 0 unspecified atom stereocenters. The van der Waals surface area contributed by atoms with Gasteiger partial charge >= 0.3 is 6.61 Å². The molecule has 0 saturated carbocycles. The molecule has 2 nitrogen and oxygen atoms in total. The third-order valence-corrected chi connectivity index (χ3v) is 2.07. The number of hydrogen-bond donors (Lipinski definition) is 0. The molecule has 15 heavy (non-hydrogen) atoms. The van der Waals surface area contributed by atoms with E-state index in [0.717, 1.165) is 0 Å². The minimum absolute atomic E-state index is 0.0928. The lowest BCUT2D eigenvalue weighted by atomic mass is 10.0. The lowest BCUT2D eigenvalue weighted by Gasteiger charge is -2.12. The molecule has 0 aliphatic rings. The first-order valence-electron chi connectivity index (χ1n) is 4.49. The van der Waals surface area contributed by atoms with Gasteiger partial charge in [0, 0.05) is 5.56 Å². The Morgan fingerprint density at radius 2 is 1.73 bits per heavy atom. The van der Waals surface area contributed by atoms with E-state index < -0.39 is 6.61 Å². The molecule has 1 aromatic rings. The summed E-state index contributed by atoms with van der Waals surface area (Å²) in [6.45, 7) is 1.86. The van der Waals surface area contributed by atoms with Crippen molar-refractivity contribution >= 4 is 5.78 Å². The Labute approximate surface area is 86.9 Å². The number of rotatable bonds is 3. The molecule has 0 aromatic heterocycles. The number of benzene rings is 1. The number of ether oxygens (including phenoxy) is 1. The van der Waals surface area contributed by atoms with Crippen LogP contribution in [0.3, 0.4) is 0 Å². The molecule has 0 atom stereocenters. The summed E-state index contributed by atoms with van der Waals surface area (Å²) >= 11 is 0. The highest BCUT2D eigenvalue weighted by atomic mass is 19.3. The molecular formula is C11H12F2O2. The van der Waals surface area contributed by atoms with Crippen LogP contribution in [0.25, 0.3) is 0 Å². The van der Waals surface area contributed by atoms with Gasteiger partial charge in [0.1, 0.15) is 5.75 Å². The largest absolute Gasteiger partial charge is 0.434 e. The van der Waals surface area contributed by atoms with Gasteiger partial charge < -0.3 is 4.74 Å². The molecule has 0 bridgehead atoms. The van der Waals surface area contributed by atoms with E-state index in [4.69, 9.17) is 0 Å². The van der Waals surface area contributed by atoms with Crippen LogP contribution < -0.4 is 4.74 Å². The van der Waals surface area contributed by atoms with Crippen molar-refractivity contribution in [2.24, 2.45) is 0 Å². The number of carbonyl (C=O) groups is 1. The number of alkyl halides is 2. The Balaban J connectivity index is 3.15. The summed E-state index contributed by atoms with van der Waals surface area (Å²) in [5.74, 6) is 0.0554. The van der Waals surface area contributed by atoms with E-state index in [-0.39, 0.29) is 11.5 Å². The number of Topliss-reactive ketones (excluding diaryl/α,β-unsaturated/α-hetero) is 1. The van der Waals surface area contributed by atoms with Crippen molar-refractivity contribution in [2.75, 3.05) is 0 Å². The summed E-state index contributed by atoms with van der Waals surface area (Å²) in [4.78, 5) is 11.1. The van der Waals surface area contributed by atoms with Gasteiger partial charge in [-0.2, -0.15) is 8.78 Å². The second-order valence-corrected chi connectivity index (χ2v) is 3.37. The molecule has 1 aromatic carbocycles. The van der Waals surface area contributed by atoms with Crippen molar-refractivity contribution in [3.05, 3.63) is 28.8 Å². The zero-order chi connectivity index (χ0) is 11.6. The maximum absolute atomic E-state index is 12.1. The van der Waals surface area contributed by atoms with Crippen molar-refractivity contribution in [3.8, 4) is 5.75 Å². The second kappa shape index (κ2) is 4.38. The highest BCUT2D eigenvalue weighted by Crippen LogP contribution is 2.26. The normalized spacial score (nSPS) is 10.5. The van der Waals surface area contributed by atoms with E-state index in [1.165, 1.54) is 6.92 Å². The summed E-state index contributed by atoms with van der Waals surface area (Å²) in [6, 6.07) is 3.10. The summed E-state index contributed by atoms with van der Waals surface area (Å²) in [5.41, 5.74) is 1.59. The number of halogens is 2. The average molecular weight is 214 g/mol. The standard InChI is InChI=1S/C11H12F2O2/c1-6-4-9(8(3)14)5-7(2)10(6)15-11(12)13/h4-5,11H,1-3H3. The lowest BCUT2D eigenvalue weighted by Crippen LogP contribution is -2.06. The fourth-order valence-corrected chi connectivity index (χ4v) is 1.43. The molecule has 0 saturated heterocycles. The predicted octanol–water partition coefficient (Wildman–Crippen LogP) is 3.11. The van der Waals surface area contributed by atoms with Crippen LogP contribution in [-0.4, -0.2) is 12.4 Å². The fraction of sp³-hybridized carbons (Fsp3) is 0.364. The summed E-state index contributed by atoms with van der Waals surface area (Å²) < 4.78 is 28.5. The zero-order valence-electron chi connectivity index (χ0n) is 8.80. The van der Waals surface area contributed by atoms with Gasteiger partial charge in [0.2, 0.25) is 0 Å². The molecule has 0 N–H and O–H groups in total. The zero-order valence-corrected chi connectivity index (χ0v) is 8.80. The molecule has 0 fully saturated rings. The van der Waals surface area contributed by atoms with Crippen LogP contribution in [0, 0.1) is 13.8 Å². The van der Waals surface area contributed by atoms with Crippen LogP contribution in [0.5, 0.6) is 5.75 Å². The summed E-state index contributed by atoms with van der Waals surface area (Å²) in [6.07, 6.45) is 0. The third kappa shape index (κ3) is 2.75. The monoisotopic (exact) mass is 214 g/mol. The fourth-order valence-electron chi connectivity index (χ4n) is 1.43. The van der Waals surface area contributed by atoms with E-state index in [1.807, 2.05) is 0 Å². The Morgan fingerprint density at radius 1 is 1.27 bits per heavy atom. The van der Waals surface area contributed by atoms with Crippen LogP contribution in [0.15, 0.2) is 12.1 Å². The van der Waals surface area contributed by atoms with Crippen LogP contribution in [0.2, 0.25) is 0 Å². The van der Waals surface area contributed by atoms with Gasteiger partial charge in [-0.1, -0.05) is 0 Å². The van der Waals surface area contributed by atoms with Crippen LogP contribution in [-0.2, 0) is 0 Å². The first-order valence-corrected chi connectivity index (χ1v) is 4.49. The van der Waals surface area contributed by atoms with Crippen LogP contribution >= 0.6 is 0 Å². The molecule has 0 radical (unpaired) electrons. The van der Waals surface area contributed by atoms with E-state index >= 15 is 0 Å². The summed E-state index contributed by atoms with van der Waals surface area (Å²) in [7, 11) is 0. The minimum atomic E-state index is -2.84. The number of carbonyl (C=O) groups excluding carboxylic acids is 1. The van der Waals surface area contributed by atoms with E-state index in [2.05, 4.69) is 4.74 Å². The van der Waals surface area contributed by atoms with Crippen molar-refractivity contribution in [3.63, 3.8) is 0 Å². The topological polar surface area (TPSA) is 26.3 Å². The average Bonchev–Trinajstić information content (AvgIpc) is 2.10. The Kier molecular flexibility index (Phi) is 3.39. The van der Waals surface area contributed by atoms with Crippen LogP contribution in [0.1, 0.15) is 28.4 Å². The predicted molar refractivity (Wildman–Crippen MR) is 52.6 cm³/mol. The number of ketones is 1. The molecule has 82 valence electrons. The molecule has 0 spiro atoms. The SMILES string of the molecule is CC(=O)c1cc(C)c(OC(F)F)c(C)c1. The van der Waals surface area contributed by atoms with Gasteiger partial charge in [-0.05, 0) is 44.0 Å². The van der Waals surface area contributed by atoms with Crippen molar-refractivity contribution in [2.45, 2.75) is 27.4 Å². The Morgan fingerprint density at radius 3 is 2.07 bits per heavy atom. The minimum Gasteiger partial charge on any atom is -0.434 e.